The summed E-state index contributed by atoms with van der Waals surface area (Å²) < 4.78 is 11.4. The van der Waals surface area contributed by atoms with E-state index >= 15 is 0 Å². The van der Waals surface area contributed by atoms with Gasteiger partial charge in [0.05, 0.1) is 44.8 Å². The van der Waals surface area contributed by atoms with Crippen molar-refractivity contribution < 1.29 is 4.42 Å². The number of hydrogen-bond acceptors (Lipinski definition) is 4. The van der Waals surface area contributed by atoms with Crippen LogP contribution in [-0.2, 0) is 0 Å². The van der Waals surface area contributed by atoms with E-state index in [9.17, 15) is 0 Å². The summed E-state index contributed by atoms with van der Waals surface area (Å²) in [6.07, 6.45) is 0. The molecule has 286 valence electrons. The highest BCUT2D eigenvalue weighted by Gasteiger charge is 2.28. The molecule has 13 rings (SSSR count). The Labute approximate surface area is 351 Å². The molecule has 4 heterocycles. The van der Waals surface area contributed by atoms with Crippen LogP contribution >= 0.6 is 0 Å². The molecule has 0 atom stereocenters. The maximum absolute atomic E-state index is 6.61. The number of nitrogens with zero attached hydrogens (tertiary/aromatic N) is 5. The van der Waals surface area contributed by atoms with E-state index in [1.807, 2.05) is 0 Å². The monoisotopic (exact) mass is 781 g/mol. The first kappa shape index (κ1) is 33.6. The fourth-order valence-electron chi connectivity index (χ4n) is 9.59. The van der Waals surface area contributed by atoms with Crippen LogP contribution in [0.1, 0.15) is 0 Å². The zero-order valence-electron chi connectivity index (χ0n) is 32.9. The van der Waals surface area contributed by atoms with Crippen LogP contribution < -0.4 is 9.80 Å². The zero-order valence-corrected chi connectivity index (χ0v) is 32.9. The summed E-state index contributed by atoms with van der Waals surface area (Å²) in [6, 6.07) is 75.4. The number of fused-ring (bicyclic) bond motifs is 9. The van der Waals surface area contributed by atoms with Crippen molar-refractivity contribution in [2.24, 2.45) is 0 Å². The van der Waals surface area contributed by atoms with E-state index in [0.717, 1.165) is 73.2 Å². The number of aromatic nitrogens is 3. The largest absolute Gasteiger partial charge is 0.436 e. The van der Waals surface area contributed by atoms with Crippen LogP contribution in [0, 0.1) is 0 Å². The predicted octanol–water partition coefficient (Wildman–Crippen LogP) is 14.9. The molecule has 0 spiro atoms. The Morgan fingerprint density at radius 2 is 0.984 bits per heavy atom. The summed E-state index contributed by atoms with van der Waals surface area (Å²) in [5.74, 6) is 0.589. The van der Waals surface area contributed by atoms with E-state index in [-0.39, 0.29) is 0 Å². The molecule has 12 aromatic rings. The molecular weight excluding hydrogens is 747 g/mol. The second kappa shape index (κ2) is 13.1. The average Bonchev–Trinajstić information content (AvgIpc) is 4.01. The van der Waals surface area contributed by atoms with Gasteiger partial charge in [-0.1, -0.05) is 103 Å². The third kappa shape index (κ3) is 5.06. The highest BCUT2D eigenvalue weighted by atomic mass is 16.3. The SMILES string of the molecule is c1ccc(N(c2ccccc2)c2ccc3c4ccccc4n(-c4ccc(-c5nc6ccc(N7c8ccccc8-n8c9ccccc9c9cccc7c98)cc6o5)cc4)c3c2)cc1. The molecule has 0 saturated carbocycles. The van der Waals surface area contributed by atoms with Crippen LogP contribution in [0.3, 0.4) is 0 Å². The number of para-hydroxylation sites is 7. The minimum Gasteiger partial charge on any atom is -0.436 e. The van der Waals surface area contributed by atoms with Gasteiger partial charge in [-0.05, 0) is 103 Å². The summed E-state index contributed by atoms with van der Waals surface area (Å²) in [5.41, 5.74) is 15.9. The molecule has 3 aromatic heterocycles. The van der Waals surface area contributed by atoms with Crippen LogP contribution in [0.4, 0.5) is 34.1 Å². The van der Waals surface area contributed by atoms with Crippen molar-refractivity contribution in [2.75, 3.05) is 9.80 Å². The van der Waals surface area contributed by atoms with Gasteiger partial charge in [-0.15, -0.1) is 0 Å². The molecule has 0 fully saturated rings. The molecule has 1 aliphatic rings. The van der Waals surface area contributed by atoms with Gasteiger partial charge in [0, 0.05) is 55.9 Å². The van der Waals surface area contributed by atoms with E-state index in [0.29, 0.717) is 5.89 Å². The lowest BCUT2D eigenvalue weighted by Gasteiger charge is -2.33. The molecule has 0 N–H and O–H groups in total. The fraction of sp³-hybridized carbons (Fsp3) is 0. The van der Waals surface area contributed by atoms with Gasteiger partial charge >= 0.3 is 0 Å². The average molecular weight is 782 g/mol. The van der Waals surface area contributed by atoms with Gasteiger partial charge in [-0.3, -0.25) is 0 Å². The molecule has 9 aromatic carbocycles. The second-order valence-electron chi connectivity index (χ2n) is 15.6. The number of oxazole rings is 1. The van der Waals surface area contributed by atoms with Gasteiger partial charge in [-0.25, -0.2) is 4.98 Å². The van der Waals surface area contributed by atoms with Crippen molar-refractivity contribution in [3.63, 3.8) is 0 Å². The van der Waals surface area contributed by atoms with Crippen molar-refractivity contribution >= 4 is 88.8 Å². The van der Waals surface area contributed by atoms with E-state index in [2.05, 4.69) is 231 Å². The van der Waals surface area contributed by atoms with Crippen LogP contribution in [0.25, 0.3) is 77.5 Å². The minimum absolute atomic E-state index is 0.589. The van der Waals surface area contributed by atoms with E-state index in [4.69, 9.17) is 9.40 Å². The van der Waals surface area contributed by atoms with E-state index in [1.54, 1.807) is 0 Å². The van der Waals surface area contributed by atoms with Crippen molar-refractivity contribution in [3.05, 3.63) is 212 Å². The summed E-state index contributed by atoms with van der Waals surface area (Å²) in [7, 11) is 0. The number of rotatable bonds is 6. The third-order valence-corrected chi connectivity index (χ3v) is 12.2. The van der Waals surface area contributed by atoms with Crippen molar-refractivity contribution in [1.82, 2.24) is 14.1 Å². The summed E-state index contributed by atoms with van der Waals surface area (Å²) in [4.78, 5) is 9.66. The molecule has 1 aliphatic heterocycles. The Hall–Kier alpha value is -8.35. The molecular formula is C55H35N5O. The minimum atomic E-state index is 0.589. The van der Waals surface area contributed by atoms with Gasteiger partial charge in [0.2, 0.25) is 5.89 Å². The highest BCUT2D eigenvalue weighted by Crippen LogP contribution is 2.50. The lowest BCUT2D eigenvalue weighted by atomic mass is 10.1. The highest BCUT2D eigenvalue weighted by molar-refractivity contribution is 6.17. The topological polar surface area (TPSA) is 42.4 Å². The Kier molecular flexibility index (Phi) is 7.21. The first-order chi connectivity index (χ1) is 30.3. The Balaban J connectivity index is 0.896. The molecule has 0 unspecified atom stereocenters. The number of anilines is 6. The Bertz CT molecular complexity index is 3620. The van der Waals surface area contributed by atoms with Crippen molar-refractivity contribution in [1.29, 1.82) is 0 Å². The van der Waals surface area contributed by atoms with E-state index < -0.39 is 0 Å². The van der Waals surface area contributed by atoms with Gasteiger partial charge in [0.25, 0.3) is 0 Å². The quantitative estimate of drug-likeness (QED) is 0.168. The number of benzene rings is 9. The second-order valence-corrected chi connectivity index (χ2v) is 15.6. The molecule has 6 nitrogen and oxygen atoms in total. The fourth-order valence-corrected chi connectivity index (χ4v) is 9.59. The first-order valence-corrected chi connectivity index (χ1v) is 20.6. The molecule has 6 heteroatoms. The molecule has 0 aliphatic carbocycles. The maximum Gasteiger partial charge on any atom is 0.227 e. The first-order valence-electron chi connectivity index (χ1n) is 20.6. The van der Waals surface area contributed by atoms with Crippen LogP contribution in [0.5, 0.6) is 0 Å². The van der Waals surface area contributed by atoms with Crippen LogP contribution in [-0.4, -0.2) is 14.1 Å². The summed E-state index contributed by atoms with van der Waals surface area (Å²) in [6.45, 7) is 0. The van der Waals surface area contributed by atoms with Crippen LogP contribution in [0.2, 0.25) is 0 Å². The molecule has 0 radical (unpaired) electrons. The Morgan fingerprint density at radius 3 is 1.74 bits per heavy atom. The van der Waals surface area contributed by atoms with Gasteiger partial charge in [0.15, 0.2) is 5.58 Å². The van der Waals surface area contributed by atoms with Gasteiger partial charge < -0.3 is 23.4 Å². The summed E-state index contributed by atoms with van der Waals surface area (Å²) in [5, 5.41) is 4.90. The third-order valence-electron chi connectivity index (χ3n) is 12.2. The van der Waals surface area contributed by atoms with Crippen molar-refractivity contribution in [3.8, 4) is 22.8 Å². The zero-order chi connectivity index (χ0) is 40.0. The molecule has 61 heavy (non-hydrogen) atoms. The van der Waals surface area contributed by atoms with E-state index in [1.165, 1.54) is 32.6 Å². The smallest absolute Gasteiger partial charge is 0.227 e. The normalized spacial score (nSPS) is 12.2. The van der Waals surface area contributed by atoms with Crippen LogP contribution in [0.15, 0.2) is 217 Å². The summed E-state index contributed by atoms with van der Waals surface area (Å²) >= 11 is 0. The molecule has 0 saturated heterocycles. The maximum atomic E-state index is 6.61. The van der Waals surface area contributed by atoms with Gasteiger partial charge in [-0.2, -0.15) is 0 Å². The lowest BCUT2D eigenvalue weighted by molar-refractivity contribution is 0.620. The standard InChI is InChI=1S/C55H35N5O/c1-3-14-37(15-4-1)57(38-16-5-2-6-17-38)40-30-32-44-42-18-7-9-21-47(42)58(52(44)34-40)39-28-26-36(27-29-39)55-56-46-33-31-41(35-53(46)61-55)59-49-23-11-12-24-50(49)60-48-22-10-8-19-43(48)45-20-13-25-51(59)54(45)60/h1-35H. The van der Waals surface area contributed by atoms with Crippen molar-refractivity contribution in [2.45, 2.75) is 0 Å². The number of hydrogen-bond donors (Lipinski definition) is 0. The molecule has 0 bridgehead atoms. The van der Waals surface area contributed by atoms with Gasteiger partial charge in [0.1, 0.15) is 5.52 Å². The molecule has 0 amide bonds. The Morgan fingerprint density at radius 1 is 0.393 bits per heavy atom. The predicted molar refractivity (Wildman–Crippen MR) is 251 cm³/mol. The lowest BCUT2D eigenvalue weighted by Crippen LogP contribution is -2.17.